The van der Waals surface area contributed by atoms with Crippen molar-refractivity contribution in [3.05, 3.63) is 0 Å². The van der Waals surface area contributed by atoms with Crippen LogP contribution in [0.4, 0.5) is 4.39 Å². The van der Waals surface area contributed by atoms with Crippen LogP contribution in [-0.4, -0.2) is 50.9 Å². The normalized spacial score (nSPS) is 44.6. The first-order valence-corrected chi connectivity index (χ1v) is 3.54. The number of hydrogen-bond donors (Lipinski definition) is 2. The molecule has 1 heterocycles. The number of aliphatic hydroxyl groups is 1. The quantitative estimate of drug-likeness (QED) is 0.497. The first-order chi connectivity index (χ1) is 5.20. The van der Waals surface area contributed by atoms with Crippen molar-refractivity contribution in [2.75, 3.05) is 13.7 Å². The molecule has 4 atom stereocenters. The zero-order chi connectivity index (χ0) is 8.43. The Hall–Kier alpha value is -0.125. The minimum absolute atomic E-state index is 0.209. The van der Waals surface area contributed by atoms with Crippen molar-refractivity contribution in [2.45, 2.75) is 24.3 Å². The molecule has 1 aliphatic rings. The third-order valence-corrected chi connectivity index (χ3v) is 1.90. The van der Waals surface area contributed by atoms with Gasteiger partial charge in [0.25, 0.3) is 0 Å². The maximum atomic E-state index is 13.0. The fourth-order valence-electron chi connectivity index (χ4n) is 1.27. The van der Waals surface area contributed by atoms with Gasteiger partial charge in [0, 0.05) is 6.00 Å². The second-order valence-corrected chi connectivity index (χ2v) is 2.58. The van der Waals surface area contributed by atoms with E-state index in [1.165, 1.54) is 0 Å². The van der Waals surface area contributed by atoms with Crippen LogP contribution in [0.15, 0.2) is 0 Å². The number of alkyl halides is 1. The molecule has 0 bridgehead atoms. The maximum Gasteiger partial charge on any atom is 0.135 e. The number of hydrogen-bond acceptors (Lipinski definition) is 3. The Morgan fingerprint density at radius 2 is 2.36 bits per heavy atom. The largest absolute Gasteiger partial charge is 0.394 e. The zero-order valence-electron chi connectivity index (χ0n) is 6.33. The van der Waals surface area contributed by atoms with Crippen LogP contribution < -0.4 is 5.32 Å². The molecule has 1 aliphatic heterocycles. The van der Waals surface area contributed by atoms with E-state index in [9.17, 15) is 4.39 Å². The number of ether oxygens (including phenoxy) is 1. The van der Waals surface area contributed by atoms with Crippen LogP contribution in [0.5, 0.6) is 0 Å². The molecule has 0 spiro atoms. The van der Waals surface area contributed by atoms with Crippen LogP contribution in [0.1, 0.15) is 0 Å². The lowest BCUT2D eigenvalue weighted by Crippen LogP contribution is -2.42. The van der Waals surface area contributed by atoms with Gasteiger partial charge in [-0.25, -0.2) is 4.39 Å². The van der Waals surface area contributed by atoms with Crippen molar-refractivity contribution in [3.63, 3.8) is 0 Å². The Morgan fingerprint density at radius 1 is 1.73 bits per heavy atom. The number of halogens is 1. The standard InChI is InChI=1S/C6H11BFNO2/c1-9-5-3(2-10)11-6(7)4(5)8/h3-6,9-10H,2H2,1H3/t3-,4?,5?,6-/m1/s1. The van der Waals surface area contributed by atoms with Gasteiger partial charge in [-0.3, -0.25) is 0 Å². The lowest BCUT2D eigenvalue weighted by molar-refractivity contribution is 0.0318. The van der Waals surface area contributed by atoms with E-state index >= 15 is 0 Å². The van der Waals surface area contributed by atoms with Gasteiger partial charge in [-0.15, -0.1) is 0 Å². The van der Waals surface area contributed by atoms with Crippen molar-refractivity contribution < 1.29 is 14.2 Å². The van der Waals surface area contributed by atoms with Crippen molar-refractivity contribution in [3.8, 4) is 0 Å². The summed E-state index contributed by atoms with van der Waals surface area (Å²) in [6.07, 6.45) is -1.76. The number of nitrogens with one attached hydrogen (secondary N) is 1. The second-order valence-electron chi connectivity index (χ2n) is 2.58. The molecule has 1 saturated heterocycles. The van der Waals surface area contributed by atoms with Gasteiger partial charge >= 0.3 is 0 Å². The molecule has 62 valence electrons. The smallest absolute Gasteiger partial charge is 0.135 e. The van der Waals surface area contributed by atoms with Crippen LogP contribution in [0.2, 0.25) is 0 Å². The summed E-state index contributed by atoms with van der Waals surface area (Å²) in [5.74, 6) is 0. The van der Waals surface area contributed by atoms with Gasteiger partial charge in [0.2, 0.25) is 0 Å². The van der Waals surface area contributed by atoms with E-state index in [1.54, 1.807) is 7.05 Å². The molecule has 2 N–H and O–H groups in total. The number of likely N-dealkylation sites (N-methyl/N-ethyl adjacent to an activating group) is 1. The third-order valence-electron chi connectivity index (χ3n) is 1.90. The molecule has 0 aromatic rings. The average Bonchev–Trinajstić information content (AvgIpc) is 2.28. The summed E-state index contributed by atoms with van der Waals surface area (Å²) < 4.78 is 17.9. The topological polar surface area (TPSA) is 41.5 Å². The molecular weight excluding hydrogens is 148 g/mol. The summed E-state index contributed by atoms with van der Waals surface area (Å²) in [6, 6.07) is -1.40. The SMILES string of the molecule is [B][C@@H]1O[C@H](CO)C(NC)C1F. The predicted molar refractivity (Wildman–Crippen MR) is 39.2 cm³/mol. The van der Waals surface area contributed by atoms with Gasteiger partial charge in [0.15, 0.2) is 0 Å². The highest BCUT2D eigenvalue weighted by molar-refractivity contribution is 6.11. The van der Waals surface area contributed by atoms with E-state index < -0.39 is 24.3 Å². The van der Waals surface area contributed by atoms with Crippen LogP contribution >= 0.6 is 0 Å². The van der Waals surface area contributed by atoms with Crippen molar-refractivity contribution in [1.82, 2.24) is 5.32 Å². The maximum absolute atomic E-state index is 13.0. The molecule has 3 nitrogen and oxygen atoms in total. The van der Waals surface area contributed by atoms with E-state index in [-0.39, 0.29) is 6.61 Å². The van der Waals surface area contributed by atoms with Gasteiger partial charge in [0.05, 0.1) is 18.8 Å². The van der Waals surface area contributed by atoms with Gasteiger partial charge in [0.1, 0.15) is 14.0 Å². The van der Waals surface area contributed by atoms with Crippen molar-refractivity contribution in [1.29, 1.82) is 0 Å². The van der Waals surface area contributed by atoms with Gasteiger partial charge < -0.3 is 15.2 Å². The Balaban J connectivity index is 2.57. The fraction of sp³-hybridized carbons (Fsp3) is 1.00. The minimum atomic E-state index is -1.24. The Bertz CT molecular complexity index is 138. The molecule has 11 heavy (non-hydrogen) atoms. The van der Waals surface area contributed by atoms with E-state index in [0.717, 1.165) is 0 Å². The zero-order valence-corrected chi connectivity index (χ0v) is 6.33. The lowest BCUT2D eigenvalue weighted by Gasteiger charge is -2.15. The van der Waals surface area contributed by atoms with Crippen molar-refractivity contribution in [2.24, 2.45) is 0 Å². The Kier molecular flexibility index (Phi) is 2.87. The number of rotatable bonds is 2. The van der Waals surface area contributed by atoms with E-state index in [0.29, 0.717) is 0 Å². The highest BCUT2D eigenvalue weighted by Gasteiger charge is 2.40. The first-order valence-electron chi connectivity index (χ1n) is 3.54. The van der Waals surface area contributed by atoms with Gasteiger partial charge in [-0.1, -0.05) is 0 Å². The summed E-state index contributed by atoms with van der Waals surface area (Å²) in [5.41, 5.74) is 0. The summed E-state index contributed by atoms with van der Waals surface area (Å²) in [4.78, 5) is 0. The fourth-order valence-corrected chi connectivity index (χ4v) is 1.27. The monoisotopic (exact) mass is 159 g/mol. The molecule has 1 rings (SSSR count). The van der Waals surface area contributed by atoms with Crippen LogP contribution in [0.25, 0.3) is 0 Å². The second kappa shape index (κ2) is 3.52. The summed E-state index contributed by atoms with van der Waals surface area (Å²) in [7, 11) is 6.87. The van der Waals surface area contributed by atoms with Crippen LogP contribution in [0.3, 0.4) is 0 Å². The molecule has 0 saturated carbocycles. The molecule has 1 fully saturated rings. The Labute approximate surface area is 66.3 Å². The van der Waals surface area contributed by atoms with Gasteiger partial charge in [-0.05, 0) is 7.05 Å². The van der Waals surface area contributed by atoms with Crippen LogP contribution in [0, 0.1) is 0 Å². The molecule has 0 amide bonds. The first kappa shape index (κ1) is 8.97. The molecule has 2 radical (unpaired) electrons. The minimum Gasteiger partial charge on any atom is -0.394 e. The molecule has 5 heteroatoms. The highest BCUT2D eigenvalue weighted by atomic mass is 19.1. The van der Waals surface area contributed by atoms with E-state index in [4.69, 9.17) is 17.7 Å². The van der Waals surface area contributed by atoms with Crippen LogP contribution in [-0.2, 0) is 4.74 Å². The molecule has 0 aromatic carbocycles. The Morgan fingerprint density at radius 3 is 2.73 bits per heavy atom. The molecule has 2 unspecified atom stereocenters. The molecular formula is C6H11BFNO2. The summed E-state index contributed by atoms with van der Waals surface area (Å²) >= 11 is 0. The van der Waals surface area contributed by atoms with Crippen molar-refractivity contribution >= 4 is 7.85 Å². The lowest BCUT2D eigenvalue weighted by atomic mass is 9.93. The highest BCUT2D eigenvalue weighted by Crippen LogP contribution is 2.21. The summed E-state index contributed by atoms with van der Waals surface area (Å²) in [6.45, 7) is -0.209. The average molecular weight is 159 g/mol. The molecule has 0 aromatic heterocycles. The van der Waals surface area contributed by atoms with Gasteiger partial charge in [-0.2, -0.15) is 0 Å². The van der Waals surface area contributed by atoms with E-state index in [1.807, 2.05) is 0 Å². The third kappa shape index (κ3) is 1.55. The molecule has 0 aliphatic carbocycles. The predicted octanol–water partition coefficient (Wildman–Crippen LogP) is -1.20. The number of aliphatic hydroxyl groups excluding tert-OH is 1. The summed E-state index contributed by atoms with van der Waals surface area (Å²) in [5, 5.41) is 11.4. The van der Waals surface area contributed by atoms with E-state index in [2.05, 4.69) is 5.32 Å².